The van der Waals surface area contributed by atoms with E-state index in [1.54, 1.807) is 10.4 Å². The summed E-state index contributed by atoms with van der Waals surface area (Å²) in [5.74, 6) is 0.719. The zero-order valence-electron chi connectivity index (χ0n) is 10.5. The molecule has 1 N–H and O–H groups in total. The van der Waals surface area contributed by atoms with Crippen molar-refractivity contribution in [3.63, 3.8) is 0 Å². The van der Waals surface area contributed by atoms with Gasteiger partial charge in [0.15, 0.2) is 0 Å². The minimum Gasteiger partial charge on any atom is -0.310 e. The van der Waals surface area contributed by atoms with Crippen molar-refractivity contribution < 1.29 is 0 Å². The quantitative estimate of drug-likeness (QED) is 0.824. The third-order valence-corrected chi connectivity index (χ3v) is 5.11. The van der Waals surface area contributed by atoms with Gasteiger partial charge in [-0.05, 0) is 42.3 Å². The van der Waals surface area contributed by atoms with Crippen molar-refractivity contribution in [1.82, 2.24) is 5.32 Å². The highest BCUT2D eigenvalue weighted by Crippen LogP contribution is 2.46. The van der Waals surface area contributed by atoms with E-state index in [1.807, 2.05) is 11.3 Å². The van der Waals surface area contributed by atoms with Crippen LogP contribution in [0.25, 0.3) is 10.1 Å². The van der Waals surface area contributed by atoms with Crippen molar-refractivity contribution in [3.8, 4) is 0 Å². The lowest BCUT2D eigenvalue weighted by atomic mass is 9.84. The van der Waals surface area contributed by atoms with Gasteiger partial charge in [-0.3, -0.25) is 0 Å². The van der Waals surface area contributed by atoms with Crippen LogP contribution in [0.4, 0.5) is 0 Å². The lowest BCUT2D eigenvalue weighted by molar-refractivity contribution is 0.451. The van der Waals surface area contributed by atoms with Crippen LogP contribution in [0.1, 0.15) is 49.1 Å². The Morgan fingerprint density at radius 2 is 2.12 bits per heavy atom. The summed E-state index contributed by atoms with van der Waals surface area (Å²) >= 11 is 1.99. The summed E-state index contributed by atoms with van der Waals surface area (Å²) < 4.78 is 1.45. The fourth-order valence-electron chi connectivity index (χ4n) is 2.98. The Morgan fingerprint density at radius 3 is 2.94 bits per heavy atom. The Bertz CT molecular complexity index is 529. The molecule has 0 aliphatic heterocycles. The minimum absolute atomic E-state index is 0.587. The van der Waals surface area contributed by atoms with E-state index in [2.05, 4.69) is 43.4 Å². The number of hydrogen-bond acceptors (Lipinski definition) is 2. The summed E-state index contributed by atoms with van der Waals surface area (Å²) in [5.41, 5.74) is 1.61. The molecular weight excluding hydrogens is 226 g/mol. The third-order valence-electron chi connectivity index (χ3n) is 3.81. The molecule has 0 saturated heterocycles. The number of hydrogen-bond donors (Lipinski definition) is 1. The van der Waals surface area contributed by atoms with Crippen LogP contribution in [-0.4, -0.2) is 6.54 Å². The first-order chi connectivity index (χ1) is 8.31. The largest absolute Gasteiger partial charge is 0.310 e. The first-order valence-electron chi connectivity index (χ1n) is 6.56. The molecule has 0 saturated carbocycles. The maximum atomic E-state index is 3.63. The molecule has 0 amide bonds. The zero-order chi connectivity index (χ0) is 11.8. The molecule has 0 bridgehead atoms. The van der Waals surface area contributed by atoms with Crippen LogP contribution >= 0.6 is 11.3 Å². The molecule has 2 aromatic rings. The van der Waals surface area contributed by atoms with E-state index < -0.39 is 0 Å². The summed E-state index contributed by atoms with van der Waals surface area (Å²) in [6.07, 6.45) is 2.60. The normalized spacial score (nSPS) is 23.9. The van der Waals surface area contributed by atoms with Gasteiger partial charge in [-0.25, -0.2) is 0 Å². The monoisotopic (exact) mass is 245 g/mol. The molecule has 0 radical (unpaired) electrons. The SMILES string of the molecule is CCNC1CCC(C)c2c1sc1ccccc21. The second-order valence-electron chi connectivity index (χ2n) is 4.96. The van der Waals surface area contributed by atoms with E-state index in [0.29, 0.717) is 6.04 Å². The maximum Gasteiger partial charge on any atom is 0.0418 e. The molecule has 2 unspecified atom stereocenters. The van der Waals surface area contributed by atoms with E-state index in [0.717, 1.165) is 12.5 Å². The third kappa shape index (κ3) is 1.80. The highest BCUT2D eigenvalue weighted by Gasteiger charge is 2.28. The number of benzene rings is 1. The lowest BCUT2D eigenvalue weighted by Gasteiger charge is -2.27. The molecule has 2 atom stereocenters. The van der Waals surface area contributed by atoms with Crippen LogP contribution in [0, 0.1) is 0 Å². The number of nitrogens with one attached hydrogen (secondary N) is 1. The fraction of sp³-hybridized carbons (Fsp3) is 0.467. The van der Waals surface area contributed by atoms with Gasteiger partial charge >= 0.3 is 0 Å². The van der Waals surface area contributed by atoms with Crippen molar-refractivity contribution in [1.29, 1.82) is 0 Å². The highest BCUT2D eigenvalue weighted by atomic mass is 32.1. The Kier molecular flexibility index (Phi) is 2.93. The molecular formula is C15H19NS. The van der Waals surface area contributed by atoms with Gasteiger partial charge in [0.1, 0.15) is 0 Å². The lowest BCUT2D eigenvalue weighted by Crippen LogP contribution is -2.24. The molecule has 1 aromatic carbocycles. The Balaban J connectivity index is 2.17. The van der Waals surface area contributed by atoms with Gasteiger partial charge in [-0.1, -0.05) is 32.0 Å². The van der Waals surface area contributed by atoms with Crippen molar-refractivity contribution >= 4 is 21.4 Å². The summed E-state index contributed by atoms with van der Waals surface area (Å²) in [4.78, 5) is 1.59. The van der Waals surface area contributed by atoms with Gasteiger partial charge in [0.2, 0.25) is 0 Å². The van der Waals surface area contributed by atoms with E-state index in [4.69, 9.17) is 0 Å². The highest BCUT2D eigenvalue weighted by molar-refractivity contribution is 7.19. The van der Waals surface area contributed by atoms with Crippen molar-refractivity contribution in [3.05, 3.63) is 34.7 Å². The van der Waals surface area contributed by atoms with Gasteiger partial charge in [0, 0.05) is 15.6 Å². The Hall–Kier alpha value is -0.860. The second kappa shape index (κ2) is 4.43. The van der Waals surface area contributed by atoms with Crippen molar-refractivity contribution in [2.24, 2.45) is 0 Å². The predicted molar refractivity (Wildman–Crippen MR) is 75.9 cm³/mol. The van der Waals surface area contributed by atoms with Gasteiger partial charge in [0.25, 0.3) is 0 Å². The van der Waals surface area contributed by atoms with Gasteiger partial charge in [-0.2, -0.15) is 0 Å². The summed E-state index contributed by atoms with van der Waals surface area (Å²) in [5, 5.41) is 5.12. The molecule has 2 heteroatoms. The molecule has 1 heterocycles. The predicted octanol–water partition coefficient (Wildman–Crippen LogP) is 4.45. The molecule has 0 fully saturated rings. The first kappa shape index (κ1) is 11.2. The smallest absolute Gasteiger partial charge is 0.0418 e. The van der Waals surface area contributed by atoms with Crippen molar-refractivity contribution in [2.45, 2.75) is 38.6 Å². The van der Waals surface area contributed by atoms with Crippen LogP contribution in [0.2, 0.25) is 0 Å². The Labute approximate surface area is 107 Å². The average Bonchev–Trinajstić information content (AvgIpc) is 2.73. The number of thiophene rings is 1. The fourth-order valence-corrected chi connectivity index (χ4v) is 4.42. The van der Waals surface area contributed by atoms with Gasteiger partial charge in [0.05, 0.1) is 0 Å². The summed E-state index contributed by atoms with van der Waals surface area (Å²) in [6, 6.07) is 9.45. The van der Waals surface area contributed by atoms with Crippen LogP contribution in [0.3, 0.4) is 0 Å². The van der Waals surface area contributed by atoms with Gasteiger partial charge in [-0.15, -0.1) is 11.3 Å². The molecule has 1 aliphatic rings. The molecule has 1 aromatic heterocycles. The molecule has 1 nitrogen and oxygen atoms in total. The molecule has 0 spiro atoms. The maximum absolute atomic E-state index is 3.63. The summed E-state index contributed by atoms with van der Waals surface area (Å²) in [7, 11) is 0. The molecule has 1 aliphatic carbocycles. The van der Waals surface area contributed by atoms with E-state index in [1.165, 1.54) is 22.9 Å². The second-order valence-corrected chi connectivity index (χ2v) is 6.05. The number of fused-ring (bicyclic) bond motifs is 3. The molecule has 90 valence electrons. The van der Waals surface area contributed by atoms with Crippen LogP contribution < -0.4 is 5.32 Å². The van der Waals surface area contributed by atoms with Crippen molar-refractivity contribution in [2.75, 3.05) is 6.54 Å². The summed E-state index contributed by atoms with van der Waals surface area (Å²) in [6.45, 7) is 5.64. The molecule has 17 heavy (non-hydrogen) atoms. The van der Waals surface area contributed by atoms with E-state index in [9.17, 15) is 0 Å². The van der Waals surface area contributed by atoms with Gasteiger partial charge < -0.3 is 5.32 Å². The van der Waals surface area contributed by atoms with E-state index in [-0.39, 0.29) is 0 Å². The first-order valence-corrected chi connectivity index (χ1v) is 7.37. The van der Waals surface area contributed by atoms with Crippen LogP contribution in [0.5, 0.6) is 0 Å². The zero-order valence-corrected chi connectivity index (χ0v) is 11.3. The van der Waals surface area contributed by atoms with Crippen LogP contribution in [-0.2, 0) is 0 Å². The minimum atomic E-state index is 0.587. The Morgan fingerprint density at radius 1 is 1.29 bits per heavy atom. The average molecular weight is 245 g/mol. The standard InChI is InChI=1S/C15H19NS/c1-3-16-12-9-8-10(2)14-11-6-4-5-7-13(11)17-15(12)14/h4-7,10,12,16H,3,8-9H2,1-2H3. The number of rotatable bonds is 2. The van der Waals surface area contributed by atoms with E-state index >= 15 is 0 Å². The molecule has 3 rings (SSSR count). The topological polar surface area (TPSA) is 12.0 Å². The van der Waals surface area contributed by atoms with Crippen LogP contribution in [0.15, 0.2) is 24.3 Å².